The highest BCUT2D eigenvalue weighted by Crippen LogP contribution is 2.38. The molecule has 1 aromatic carbocycles. The fourth-order valence-electron chi connectivity index (χ4n) is 1.34. The van der Waals surface area contributed by atoms with Crippen molar-refractivity contribution < 1.29 is 19.3 Å². The Morgan fingerprint density at radius 2 is 2.13 bits per heavy atom. The zero-order valence-electron chi connectivity index (χ0n) is 8.03. The molecule has 4 heteroatoms. The molecule has 1 aliphatic rings. The molecule has 0 atom stereocenters. The van der Waals surface area contributed by atoms with E-state index in [0.717, 1.165) is 0 Å². The lowest BCUT2D eigenvalue weighted by Crippen LogP contribution is -1.98. The van der Waals surface area contributed by atoms with Gasteiger partial charge in [-0.2, -0.15) is 0 Å². The standard InChI is InChI=1S/C11H10O4/c1-2-3-13-9-5-11-10(14-7-15-11)4-8(9)6-12/h1,4-5,12H,3,6-7H2. The minimum absolute atomic E-state index is 0.128. The van der Waals surface area contributed by atoms with Gasteiger partial charge in [-0.1, -0.05) is 5.92 Å². The zero-order chi connectivity index (χ0) is 10.7. The Morgan fingerprint density at radius 1 is 1.40 bits per heavy atom. The van der Waals surface area contributed by atoms with E-state index in [1.165, 1.54) is 0 Å². The van der Waals surface area contributed by atoms with Gasteiger partial charge in [0.25, 0.3) is 0 Å². The van der Waals surface area contributed by atoms with Crippen molar-refractivity contribution in [3.63, 3.8) is 0 Å². The summed E-state index contributed by atoms with van der Waals surface area (Å²) < 4.78 is 15.6. The molecule has 0 amide bonds. The number of benzene rings is 1. The van der Waals surface area contributed by atoms with E-state index in [1.807, 2.05) is 0 Å². The molecule has 0 aromatic heterocycles. The Hall–Kier alpha value is -1.86. The van der Waals surface area contributed by atoms with Crippen LogP contribution in [0.15, 0.2) is 12.1 Å². The SMILES string of the molecule is C#CCOc1cc2c(cc1CO)OCO2. The largest absolute Gasteiger partial charge is 0.480 e. The van der Waals surface area contributed by atoms with Crippen molar-refractivity contribution in [2.75, 3.05) is 13.4 Å². The van der Waals surface area contributed by atoms with Gasteiger partial charge in [-0.15, -0.1) is 6.42 Å². The lowest BCUT2D eigenvalue weighted by atomic mass is 10.2. The van der Waals surface area contributed by atoms with Crippen LogP contribution in [-0.4, -0.2) is 18.5 Å². The van der Waals surface area contributed by atoms with E-state index in [1.54, 1.807) is 12.1 Å². The third-order valence-corrected chi connectivity index (χ3v) is 2.04. The summed E-state index contributed by atoms with van der Waals surface area (Å²) >= 11 is 0. The van der Waals surface area contributed by atoms with E-state index in [9.17, 15) is 0 Å². The van der Waals surface area contributed by atoms with Crippen LogP contribution < -0.4 is 14.2 Å². The van der Waals surface area contributed by atoms with Gasteiger partial charge in [-0.05, 0) is 6.07 Å². The Bertz CT molecular complexity index is 406. The number of hydrogen-bond donors (Lipinski definition) is 1. The summed E-state index contributed by atoms with van der Waals surface area (Å²) in [6, 6.07) is 3.36. The first-order valence-corrected chi connectivity index (χ1v) is 4.45. The Balaban J connectivity index is 2.32. The molecule has 0 saturated carbocycles. The van der Waals surface area contributed by atoms with E-state index in [-0.39, 0.29) is 20.0 Å². The fourth-order valence-corrected chi connectivity index (χ4v) is 1.34. The Morgan fingerprint density at radius 3 is 2.80 bits per heavy atom. The first-order valence-electron chi connectivity index (χ1n) is 4.45. The van der Waals surface area contributed by atoms with Gasteiger partial charge in [0.1, 0.15) is 12.4 Å². The third-order valence-electron chi connectivity index (χ3n) is 2.04. The summed E-state index contributed by atoms with van der Waals surface area (Å²) in [7, 11) is 0. The Labute approximate surface area is 87.4 Å². The molecule has 0 unspecified atom stereocenters. The second-order valence-electron chi connectivity index (χ2n) is 2.96. The van der Waals surface area contributed by atoms with Crippen molar-refractivity contribution >= 4 is 0 Å². The Kier molecular flexibility index (Phi) is 2.66. The van der Waals surface area contributed by atoms with Crippen LogP contribution in [-0.2, 0) is 6.61 Å². The highest BCUT2D eigenvalue weighted by Gasteiger charge is 2.17. The number of aliphatic hydroxyl groups is 1. The number of rotatable bonds is 3. The van der Waals surface area contributed by atoms with Crippen LogP contribution in [0.3, 0.4) is 0 Å². The maximum absolute atomic E-state index is 9.12. The van der Waals surface area contributed by atoms with Crippen molar-refractivity contribution in [3.05, 3.63) is 17.7 Å². The van der Waals surface area contributed by atoms with Crippen molar-refractivity contribution in [2.45, 2.75) is 6.61 Å². The average Bonchev–Trinajstić information content (AvgIpc) is 2.71. The first-order chi connectivity index (χ1) is 7.35. The molecule has 0 radical (unpaired) electrons. The van der Waals surface area contributed by atoms with Gasteiger partial charge in [-0.25, -0.2) is 0 Å². The number of ether oxygens (including phenoxy) is 3. The fraction of sp³-hybridized carbons (Fsp3) is 0.273. The lowest BCUT2D eigenvalue weighted by Gasteiger charge is -2.08. The van der Waals surface area contributed by atoms with Gasteiger partial charge in [0.2, 0.25) is 6.79 Å². The van der Waals surface area contributed by atoms with Crippen LogP contribution in [0, 0.1) is 12.3 Å². The highest BCUT2D eigenvalue weighted by molar-refractivity contribution is 5.51. The second-order valence-corrected chi connectivity index (χ2v) is 2.96. The lowest BCUT2D eigenvalue weighted by molar-refractivity contribution is 0.173. The molecule has 0 fully saturated rings. The van der Waals surface area contributed by atoms with Gasteiger partial charge in [0.15, 0.2) is 11.5 Å². The van der Waals surface area contributed by atoms with Crippen molar-refractivity contribution in [3.8, 4) is 29.6 Å². The van der Waals surface area contributed by atoms with Gasteiger partial charge >= 0.3 is 0 Å². The average molecular weight is 206 g/mol. The highest BCUT2D eigenvalue weighted by atomic mass is 16.7. The minimum Gasteiger partial charge on any atom is -0.480 e. The molecule has 0 saturated heterocycles. The number of terminal acetylenes is 1. The molecule has 78 valence electrons. The summed E-state index contributed by atoms with van der Waals surface area (Å²) in [5, 5.41) is 9.12. The summed E-state index contributed by atoms with van der Waals surface area (Å²) in [4.78, 5) is 0. The van der Waals surface area contributed by atoms with E-state index in [4.69, 9.17) is 25.7 Å². The predicted octanol–water partition coefficient (Wildman–Crippen LogP) is 0.920. The molecule has 1 aliphatic heterocycles. The van der Waals surface area contributed by atoms with E-state index < -0.39 is 0 Å². The monoisotopic (exact) mass is 206 g/mol. The maximum Gasteiger partial charge on any atom is 0.231 e. The van der Waals surface area contributed by atoms with Crippen molar-refractivity contribution in [1.82, 2.24) is 0 Å². The van der Waals surface area contributed by atoms with Gasteiger partial charge < -0.3 is 19.3 Å². The second kappa shape index (κ2) is 4.11. The minimum atomic E-state index is -0.128. The first kappa shape index (κ1) is 9.69. The van der Waals surface area contributed by atoms with E-state index in [2.05, 4.69) is 5.92 Å². The zero-order valence-corrected chi connectivity index (χ0v) is 8.03. The molecule has 0 bridgehead atoms. The third kappa shape index (κ3) is 1.83. The van der Waals surface area contributed by atoms with Gasteiger partial charge in [0, 0.05) is 11.6 Å². The van der Waals surface area contributed by atoms with E-state index >= 15 is 0 Å². The van der Waals surface area contributed by atoms with E-state index in [0.29, 0.717) is 22.8 Å². The van der Waals surface area contributed by atoms with Crippen LogP contribution in [0.1, 0.15) is 5.56 Å². The summed E-state index contributed by atoms with van der Waals surface area (Å²) in [5.41, 5.74) is 0.634. The topological polar surface area (TPSA) is 47.9 Å². The quantitative estimate of drug-likeness (QED) is 0.747. The predicted molar refractivity (Wildman–Crippen MR) is 52.8 cm³/mol. The molecule has 1 aromatic rings. The van der Waals surface area contributed by atoms with Crippen LogP contribution in [0.2, 0.25) is 0 Å². The van der Waals surface area contributed by atoms with Crippen molar-refractivity contribution in [2.24, 2.45) is 0 Å². The van der Waals surface area contributed by atoms with Crippen LogP contribution in [0.5, 0.6) is 17.2 Å². The number of hydrogen-bond acceptors (Lipinski definition) is 4. The van der Waals surface area contributed by atoms with Crippen LogP contribution >= 0.6 is 0 Å². The molecule has 2 rings (SSSR count). The summed E-state index contributed by atoms with van der Waals surface area (Å²) in [5.74, 6) is 4.11. The molecule has 0 aliphatic carbocycles. The maximum atomic E-state index is 9.12. The normalized spacial score (nSPS) is 12.3. The van der Waals surface area contributed by atoms with Crippen LogP contribution in [0.25, 0.3) is 0 Å². The molecular formula is C11H10O4. The number of aliphatic hydroxyl groups excluding tert-OH is 1. The van der Waals surface area contributed by atoms with Gasteiger partial charge in [0.05, 0.1) is 6.61 Å². The molecule has 1 heterocycles. The molecule has 4 nitrogen and oxygen atoms in total. The molecule has 1 N–H and O–H groups in total. The van der Waals surface area contributed by atoms with Crippen molar-refractivity contribution in [1.29, 1.82) is 0 Å². The summed E-state index contributed by atoms with van der Waals surface area (Å²) in [6.45, 7) is 0.224. The molecule has 0 spiro atoms. The van der Waals surface area contributed by atoms with Crippen LogP contribution in [0.4, 0.5) is 0 Å². The molecule has 15 heavy (non-hydrogen) atoms. The number of fused-ring (bicyclic) bond motifs is 1. The smallest absolute Gasteiger partial charge is 0.231 e. The summed E-state index contributed by atoms with van der Waals surface area (Å²) in [6.07, 6.45) is 5.09. The van der Waals surface area contributed by atoms with Gasteiger partial charge in [-0.3, -0.25) is 0 Å². The molecular weight excluding hydrogens is 196 g/mol.